The number of aromatic nitrogens is 1. The van der Waals surface area contributed by atoms with Crippen molar-refractivity contribution in [2.24, 2.45) is 0 Å². The van der Waals surface area contributed by atoms with Crippen LogP contribution in [0.25, 0.3) is 21.5 Å². The molecule has 0 bridgehead atoms. The summed E-state index contributed by atoms with van der Waals surface area (Å²) in [5.41, 5.74) is 2.74. The van der Waals surface area contributed by atoms with Gasteiger partial charge in [-0.3, -0.25) is 10.1 Å². The number of nitrogens with zero attached hydrogens (tertiary/aromatic N) is 2. The Morgan fingerprint density at radius 2 is 1.63 bits per heavy atom. The number of thiophene rings is 1. The molecule has 0 saturated carbocycles. The van der Waals surface area contributed by atoms with Crippen LogP contribution in [0.5, 0.6) is 11.5 Å². The molecule has 0 aliphatic heterocycles. The number of fused-ring (bicyclic) bond motifs is 1. The SMILES string of the molecule is O=C(OCc1ccc(Oc2ccc([N+](=O)[O-])cc2)cc1)c1cc(-c2cccs2)nc2ccccc12. The molecule has 0 atom stereocenters. The van der Waals surface area contributed by atoms with Gasteiger partial charge in [-0.2, -0.15) is 0 Å². The van der Waals surface area contributed by atoms with Crippen LogP contribution in [-0.2, 0) is 11.3 Å². The number of pyridine rings is 1. The van der Waals surface area contributed by atoms with E-state index in [1.165, 1.54) is 24.3 Å². The van der Waals surface area contributed by atoms with Gasteiger partial charge in [0.05, 0.1) is 26.6 Å². The lowest BCUT2D eigenvalue weighted by Gasteiger charge is -2.10. The van der Waals surface area contributed by atoms with Crippen molar-refractivity contribution in [1.82, 2.24) is 4.98 Å². The van der Waals surface area contributed by atoms with Gasteiger partial charge in [-0.1, -0.05) is 36.4 Å². The molecule has 8 heteroatoms. The molecule has 0 radical (unpaired) electrons. The monoisotopic (exact) mass is 482 g/mol. The van der Waals surface area contributed by atoms with Crippen LogP contribution in [0.1, 0.15) is 15.9 Å². The maximum atomic E-state index is 13.0. The molecule has 0 aliphatic rings. The van der Waals surface area contributed by atoms with Gasteiger partial charge in [0.2, 0.25) is 0 Å². The first-order chi connectivity index (χ1) is 17.1. The summed E-state index contributed by atoms with van der Waals surface area (Å²) < 4.78 is 11.3. The number of non-ortho nitro benzene ring substituents is 1. The van der Waals surface area contributed by atoms with Gasteiger partial charge in [0, 0.05) is 17.5 Å². The molecule has 5 aromatic rings. The summed E-state index contributed by atoms with van der Waals surface area (Å²) in [4.78, 5) is 29.0. The Morgan fingerprint density at radius 1 is 0.914 bits per heavy atom. The molecule has 2 aromatic heterocycles. The molecular weight excluding hydrogens is 464 g/mol. The van der Waals surface area contributed by atoms with E-state index >= 15 is 0 Å². The number of carbonyl (C=O) groups excluding carboxylic acids is 1. The fraction of sp³-hybridized carbons (Fsp3) is 0.0370. The summed E-state index contributed by atoms with van der Waals surface area (Å²) in [5.74, 6) is 0.628. The van der Waals surface area contributed by atoms with Gasteiger partial charge >= 0.3 is 5.97 Å². The number of esters is 1. The molecule has 0 unspecified atom stereocenters. The summed E-state index contributed by atoms with van der Waals surface area (Å²) >= 11 is 1.56. The minimum Gasteiger partial charge on any atom is -0.457 e. The first kappa shape index (κ1) is 22.2. The standard InChI is InChI=1S/C27H18N2O5S/c30-27(23-16-25(26-6-3-15-35-26)28-24-5-2-1-4-22(23)24)33-17-18-7-11-20(12-8-18)34-21-13-9-19(10-14-21)29(31)32/h1-16H,17H2. The Labute approximate surface area is 204 Å². The van der Waals surface area contributed by atoms with Crippen molar-refractivity contribution in [3.8, 4) is 22.1 Å². The van der Waals surface area contributed by atoms with Crippen molar-refractivity contribution >= 4 is 33.9 Å². The lowest BCUT2D eigenvalue weighted by atomic mass is 10.1. The number of carbonyl (C=O) groups is 1. The predicted octanol–water partition coefficient (Wildman–Crippen LogP) is 7.02. The molecule has 7 nitrogen and oxygen atoms in total. The number of para-hydroxylation sites is 1. The lowest BCUT2D eigenvalue weighted by Crippen LogP contribution is -2.07. The van der Waals surface area contributed by atoms with Crippen molar-refractivity contribution in [2.45, 2.75) is 6.61 Å². The maximum absolute atomic E-state index is 13.0. The molecule has 0 N–H and O–H groups in total. The second-order valence-corrected chi connectivity index (χ2v) is 8.57. The van der Waals surface area contributed by atoms with Crippen LogP contribution in [-0.4, -0.2) is 15.9 Å². The summed E-state index contributed by atoms with van der Waals surface area (Å²) in [6.07, 6.45) is 0. The van der Waals surface area contributed by atoms with Crippen LogP contribution in [0.4, 0.5) is 5.69 Å². The third kappa shape index (κ3) is 5.02. The van der Waals surface area contributed by atoms with Crippen LogP contribution in [0.3, 0.4) is 0 Å². The van der Waals surface area contributed by atoms with Crippen molar-refractivity contribution in [1.29, 1.82) is 0 Å². The normalized spacial score (nSPS) is 10.7. The molecule has 2 heterocycles. The zero-order chi connectivity index (χ0) is 24.2. The molecule has 0 amide bonds. The van der Waals surface area contributed by atoms with E-state index in [1.807, 2.05) is 41.8 Å². The molecule has 0 aliphatic carbocycles. The lowest BCUT2D eigenvalue weighted by molar-refractivity contribution is -0.384. The van der Waals surface area contributed by atoms with Crippen molar-refractivity contribution in [3.05, 3.63) is 118 Å². The van der Waals surface area contributed by atoms with E-state index in [4.69, 9.17) is 14.5 Å². The van der Waals surface area contributed by atoms with E-state index in [0.717, 1.165) is 27.0 Å². The van der Waals surface area contributed by atoms with Gasteiger partial charge in [0.1, 0.15) is 18.1 Å². The number of hydrogen-bond donors (Lipinski definition) is 0. The molecular formula is C27H18N2O5S. The fourth-order valence-electron chi connectivity index (χ4n) is 3.55. The minimum absolute atomic E-state index is 0.000927. The first-order valence-corrected chi connectivity index (χ1v) is 11.6. The molecule has 0 saturated heterocycles. The van der Waals surface area contributed by atoms with Crippen molar-refractivity contribution in [2.75, 3.05) is 0 Å². The van der Waals surface area contributed by atoms with Crippen molar-refractivity contribution < 1.29 is 19.2 Å². The second-order valence-electron chi connectivity index (χ2n) is 7.62. The van der Waals surface area contributed by atoms with E-state index in [1.54, 1.807) is 41.7 Å². The van der Waals surface area contributed by atoms with E-state index < -0.39 is 10.9 Å². The average Bonchev–Trinajstić information content (AvgIpc) is 3.43. The van der Waals surface area contributed by atoms with Crippen LogP contribution in [0.2, 0.25) is 0 Å². The van der Waals surface area contributed by atoms with E-state index in [9.17, 15) is 14.9 Å². The summed E-state index contributed by atoms with van der Waals surface area (Å²) in [7, 11) is 0. The molecule has 172 valence electrons. The number of nitro groups is 1. The second kappa shape index (κ2) is 9.74. The van der Waals surface area contributed by atoms with Gasteiger partial charge in [0.25, 0.3) is 5.69 Å². The van der Waals surface area contributed by atoms with E-state index in [0.29, 0.717) is 17.1 Å². The van der Waals surface area contributed by atoms with Crippen molar-refractivity contribution in [3.63, 3.8) is 0 Å². The average molecular weight is 483 g/mol. The molecule has 0 fully saturated rings. The Hall–Kier alpha value is -4.56. The van der Waals surface area contributed by atoms with Gasteiger partial charge in [-0.25, -0.2) is 9.78 Å². The molecule has 35 heavy (non-hydrogen) atoms. The quantitative estimate of drug-likeness (QED) is 0.141. The number of ether oxygens (including phenoxy) is 2. The highest BCUT2D eigenvalue weighted by Crippen LogP contribution is 2.29. The highest BCUT2D eigenvalue weighted by atomic mass is 32.1. The highest BCUT2D eigenvalue weighted by molar-refractivity contribution is 7.13. The Bertz CT molecular complexity index is 1500. The zero-order valence-corrected chi connectivity index (χ0v) is 19.1. The van der Waals surface area contributed by atoms with Crippen LogP contribution >= 0.6 is 11.3 Å². The van der Waals surface area contributed by atoms with E-state index in [-0.39, 0.29) is 12.3 Å². The highest BCUT2D eigenvalue weighted by Gasteiger charge is 2.16. The summed E-state index contributed by atoms with van der Waals surface area (Å²) in [5, 5.41) is 13.5. The fourth-order valence-corrected chi connectivity index (χ4v) is 4.23. The van der Waals surface area contributed by atoms with E-state index in [2.05, 4.69) is 0 Å². The summed E-state index contributed by atoms with van der Waals surface area (Å²) in [6.45, 7) is 0.0988. The minimum atomic E-state index is -0.461. The maximum Gasteiger partial charge on any atom is 0.339 e. The number of rotatable bonds is 7. The van der Waals surface area contributed by atoms with Crippen LogP contribution in [0, 0.1) is 10.1 Å². The molecule has 3 aromatic carbocycles. The first-order valence-electron chi connectivity index (χ1n) is 10.7. The number of hydrogen-bond acceptors (Lipinski definition) is 7. The molecule has 5 rings (SSSR count). The van der Waals surface area contributed by atoms with Crippen LogP contribution in [0.15, 0.2) is 96.4 Å². The number of benzene rings is 3. The smallest absolute Gasteiger partial charge is 0.339 e. The largest absolute Gasteiger partial charge is 0.457 e. The van der Waals surface area contributed by atoms with Gasteiger partial charge in [-0.15, -0.1) is 11.3 Å². The Balaban J connectivity index is 1.28. The van der Waals surface area contributed by atoms with Gasteiger partial charge < -0.3 is 9.47 Å². The molecule has 0 spiro atoms. The van der Waals surface area contributed by atoms with Crippen LogP contribution < -0.4 is 4.74 Å². The topological polar surface area (TPSA) is 91.6 Å². The Kier molecular flexibility index (Phi) is 6.19. The predicted molar refractivity (Wildman–Crippen MR) is 134 cm³/mol. The summed E-state index contributed by atoms with van der Waals surface area (Å²) in [6, 6.07) is 26.2. The third-order valence-electron chi connectivity index (χ3n) is 5.29. The van der Waals surface area contributed by atoms with Gasteiger partial charge in [-0.05, 0) is 53.4 Å². The van der Waals surface area contributed by atoms with Gasteiger partial charge in [0.15, 0.2) is 0 Å². The Morgan fingerprint density at radius 3 is 2.31 bits per heavy atom. The zero-order valence-electron chi connectivity index (χ0n) is 18.3. The third-order valence-corrected chi connectivity index (χ3v) is 6.18. The number of nitro benzene ring substituents is 1.